The van der Waals surface area contributed by atoms with E-state index in [2.05, 4.69) is 64.0 Å². The van der Waals surface area contributed by atoms with Crippen LogP contribution >= 0.6 is 0 Å². The molecule has 0 radical (unpaired) electrons. The van der Waals surface area contributed by atoms with E-state index in [4.69, 9.17) is 0 Å². The van der Waals surface area contributed by atoms with Gasteiger partial charge in [0.25, 0.3) is 0 Å². The van der Waals surface area contributed by atoms with E-state index in [0.29, 0.717) is 6.04 Å². The van der Waals surface area contributed by atoms with Crippen LogP contribution in [-0.2, 0) is 0 Å². The van der Waals surface area contributed by atoms with Crippen molar-refractivity contribution in [2.75, 3.05) is 18.5 Å². The Kier molecular flexibility index (Phi) is 3.41. The summed E-state index contributed by atoms with van der Waals surface area (Å²) in [6.45, 7) is 12.5. The van der Waals surface area contributed by atoms with Crippen LogP contribution in [-0.4, -0.2) is 25.2 Å². The fraction of sp³-hybridized carbons (Fsp3) is 0.625. The molecule has 0 saturated carbocycles. The van der Waals surface area contributed by atoms with Crippen molar-refractivity contribution in [1.82, 2.24) is 5.32 Å². The fourth-order valence-electron chi connectivity index (χ4n) is 3.43. The lowest BCUT2D eigenvalue weighted by Gasteiger charge is -2.36. The minimum atomic E-state index is 0.235. The Hall–Kier alpha value is -1.02. The van der Waals surface area contributed by atoms with Crippen molar-refractivity contribution < 1.29 is 0 Å². The second kappa shape index (κ2) is 4.58. The van der Waals surface area contributed by atoms with Crippen molar-refractivity contribution in [3.05, 3.63) is 28.8 Å². The molecule has 0 spiro atoms. The third kappa shape index (κ3) is 2.26. The first-order chi connectivity index (χ1) is 8.35. The van der Waals surface area contributed by atoms with Crippen molar-refractivity contribution in [3.63, 3.8) is 0 Å². The highest BCUT2D eigenvalue weighted by molar-refractivity contribution is 5.62. The largest absolute Gasteiger partial charge is 0.364 e. The number of aryl methyl sites for hydroxylation is 3. The topological polar surface area (TPSA) is 15.3 Å². The average Bonchev–Trinajstić information content (AvgIpc) is 2.53. The highest BCUT2D eigenvalue weighted by Crippen LogP contribution is 2.37. The van der Waals surface area contributed by atoms with E-state index >= 15 is 0 Å². The van der Waals surface area contributed by atoms with Crippen LogP contribution in [0.3, 0.4) is 0 Å². The van der Waals surface area contributed by atoms with Gasteiger partial charge in [-0.1, -0.05) is 17.7 Å². The molecule has 1 unspecified atom stereocenters. The number of hydrogen-bond donors (Lipinski definition) is 1. The summed E-state index contributed by atoms with van der Waals surface area (Å²) in [5, 5.41) is 3.43. The van der Waals surface area contributed by atoms with Gasteiger partial charge in [0.2, 0.25) is 0 Å². The molecule has 0 aromatic heterocycles. The lowest BCUT2D eigenvalue weighted by molar-refractivity contribution is 0.486. The number of nitrogens with zero attached hydrogens (tertiary/aromatic N) is 1. The molecule has 2 nitrogen and oxygen atoms in total. The van der Waals surface area contributed by atoms with Crippen LogP contribution in [0.25, 0.3) is 0 Å². The predicted octanol–water partition coefficient (Wildman–Crippen LogP) is 3.19. The molecular weight excluding hydrogens is 220 g/mol. The summed E-state index contributed by atoms with van der Waals surface area (Å²) in [6, 6.07) is 5.19. The van der Waals surface area contributed by atoms with Crippen LogP contribution in [0.4, 0.5) is 5.69 Å². The molecule has 1 fully saturated rings. The van der Waals surface area contributed by atoms with Crippen LogP contribution in [0.2, 0.25) is 0 Å². The standard InChI is InChI=1S/C16H26N2/c1-11-7-12(2)15(13(3)8-11)18-10-14(17-6)9-16(18,4)5/h7-8,14,17H,9-10H2,1-6H3. The van der Waals surface area contributed by atoms with Gasteiger partial charge >= 0.3 is 0 Å². The highest BCUT2D eigenvalue weighted by Gasteiger charge is 2.38. The van der Waals surface area contributed by atoms with Crippen LogP contribution in [0.5, 0.6) is 0 Å². The van der Waals surface area contributed by atoms with Gasteiger partial charge in [0.1, 0.15) is 0 Å². The minimum Gasteiger partial charge on any atom is -0.364 e. The Morgan fingerprint density at radius 3 is 2.17 bits per heavy atom. The smallest absolute Gasteiger partial charge is 0.0430 e. The summed E-state index contributed by atoms with van der Waals surface area (Å²) in [5.41, 5.74) is 5.83. The molecule has 1 heterocycles. The van der Waals surface area contributed by atoms with Crippen molar-refractivity contribution in [2.24, 2.45) is 0 Å². The van der Waals surface area contributed by atoms with Gasteiger partial charge in [-0.3, -0.25) is 0 Å². The summed E-state index contributed by atoms with van der Waals surface area (Å²) in [5.74, 6) is 0. The maximum Gasteiger partial charge on any atom is 0.0430 e. The Labute approximate surface area is 111 Å². The normalized spacial score (nSPS) is 22.6. The first-order valence-corrected chi connectivity index (χ1v) is 6.88. The van der Waals surface area contributed by atoms with Gasteiger partial charge in [0.05, 0.1) is 0 Å². The number of rotatable bonds is 2. The second-order valence-electron chi connectivity index (χ2n) is 6.36. The molecule has 1 saturated heterocycles. The molecular formula is C16H26N2. The van der Waals surface area contributed by atoms with E-state index in [1.807, 2.05) is 0 Å². The molecule has 1 aliphatic rings. The molecule has 1 aliphatic heterocycles. The zero-order valence-electron chi connectivity index (χ0n) is 12.6. The fourth-order valence-corrected chi connectivity index (χ4v) is 3.43. The first-order valence-electron chi connectivity index (χ1n) is 6.88. The summed E-state index contributed by atoms with van der Waals surface area (Å²) in [4.78, 5) is 2.58. The quantitative estimate of drug-likeness (QED) is 0.862. The van der Waals surface area contributed by atoms with Gasteiger partial charge in [-0.05, 0) is 59.2 Å². The molecule has 1 aromatic rings. The maximum atomic E-state index is 3.43. The van der Waals surface area contributed by atoms with Crippen molar-refractivity contribution >= 4 is 5.69 Å². The van der Waals surface area contributed by atoms with E-state index in [-0.39, 0.29) is 5.54 Å². The zero-order chi connectivity index (χ0) is 13.5. The van der Waals surface area contributed by atoms with E-state index in [1.165, 1.54) is 28.8 Å². The first kappa shape index (κ1) is 13.4. The Bertz CT molecular complexity index is 425. The number of anilines is 1. The lowest BCUT2D eigenvalue weighted by atomic mass is 9.97. The lowest BCUT2D eigenvalue weighted by Crippen LogP contribution is -2.39. The average molecular weight is 246 g/mol. The van der Waals surface area contributed by atoms with Crippen LogP contribution < -0.4 is 10.2 Å². The molecule has 1 N–H and O–H groups in total. The van der Waals surface area contributed by atoms with E-state index in [0.717, 1.165) is 6.54 Å². The minimum absolute atomic E-state index is 0.235. The van der Waals surface area contributed by atoms with Gasteiger partial charge in [-0.25, -0.2) is 0 Å². The molecule has 100 valence electrons. The van der Waals surface area contributed by atoms with Crippen LogP contribution in [0, 0.1) is 20.8 Å². The van der Waals surface area contributed by atoms with Gasteiger partial charge in [0.15, 0.2) is 0 Å². The Morgan fingerprint density at radius 1 is 1.17 bits per heavy atom. The monoisotopic (exact) mass is 246 g/mol. The Morgan fingerprint density at radius 2 is 1.72 bits per heavy atom. The van der Waals surface area contributed by atoms with Crippen LogP contribution in [0.1, 0.15) is 37.0 Å². The number of nitrogens with one attached hydrogen (secondary N) is 1. The molecule has 0 amide bonds. The van der Waals surface area contributed by atoms with E-state index in [9.17, 15) is 0 Å². The molecule has 1 aromatic carbocycles. The summed E-state index contributed by atoms with van der Waals surface area (Å²) in [6.07, 6.45) is 1.20. The number of benzene rings is 1. The van der Waals surface area contributed by atoms with Gasteiger partial charge in [0, 0.05) is 23.8 Å². The molecule has 2 rings (SSSR count). The SMILES string of the molecule is CNC1CN(c2c(C)cc(C)cc2C)C(C)(C)C1. The summed E-state index contributed by atoms with van der Waals surface area (Å²) < 4.78 is 0. The highest BCUT2D eigenvalue weighted by atomic mass is 15.3. The third-order valence-corrected chi connectivity index (χ3v) is 4.19. The van der Waals surface area contributed by atoms with Crippen molar-refractivity contribution in [2.45, 2.75) is 52.6 Å². The second-order valence-corrected chi connectivity index (χ2v) is 6.36. The third-order valence-electron chi connectivity index (χ3n) is 4.19. The molecule has 0 aliphatic carbocycles. The van der Waals surface area contributed by atoms with Gasteiger partial charge in [-0.2, -0.15) is 0 Å². The zero-order valence-corrected chi connectivity index (χ0v) is 12.6. The molecule has 18 heavy (non-hydrogen) atoms. The van der Waals surface area contributed by atoms with E-state index < -0.39 is 0 Å². The van der Waals surface area contributed by atoms with E-state index in [1.54, 1.807) is 0 Å². The molecule has 0 bridgehead atoms. The maximum absolute atomic E-state index is 3.43. The van der Waals surface area contributed by atoms with Gasteiger partial charge < -0.3 is 10.2 Å². The Balaban J connectivity index is 2.43. The van der Waals surface area contributed by atoms with Gasteiger partial charge in [-0.15, -0.1) is 0 Å². The van der Waals surface area contributed by atoms with Crippen molar-refractivity contribution in [1.29, 1.82) is 0 Å². The van der Waals surface area contributed by atoms with Crippen LogP contribution in [0.15, 0.2) is 12.1 Å². The summed E-state index contributed by atoms with van der Waals surface area (Å²) in [7, 11) is 2.07. The van der Waals surface area contributed by atoms with Crippen molar-refractivity contribution in [3.8, 4) is 0 Å². The molecule has 2 heteroatoms. The molecule has 1 atom stereocenters. The summed E-state index contributed by atoms with van der Waals surface area (Å²) >= 11 is 0. The predicted molar refractivity (Wildman–Crippen MR) is 79.5 cm³/mol. The number of likely N-dealkylation sites (N-methyl/N-ethyl adjacent to an activating group) is 1. The number of hydrogen-bond acceptors (Lipinski definition) is 2.